The first-order valence-electron chi connectivity index (χ1n) is 6.48. The van der Waals surface area contributed by atoms with Gasteiger partial charge in [-0.3, -0.25) is 9.78 Å². The highest BCUT2D eigenvalue weighted by Gasteiger charge is 2.12. The summed E-state index contributed by atoms with van der Waals surface area (Å²) in [6.07, 6.45) is 4.24. The number of benzene rings is 1. The topological polar surface area (TPSA) is 33.2 Å². The number of carbonyl (C=O) groups excluding carboxylic acids is 1. The fourth-order valence-corrected chi connectivity index (χ4v) is 1.95. The zero-order valence-corrected chi connectivity index (χ0v) is 11.6. The van der Waals surface area contributed by atoms with E-state index in [0.717, 1.165) is 12.0 Å². The Morgan fingerprint density at radius 3 is 2.60 bits per heavy atom. The van der Waals surface area contributed by atoms with Crippen molar-refractivity contribution >= 4 is 5.91 Å². The average molecular weight is 272 g/mol. The van der Waals surface area contributed by atoms with E-state index in [1.165, 1.54) is 12.1 Å². The van der Waals surface area contributed by atoms with Crippen molar-refractivity contribution < 1.29 is 9.18 Å². The van der Waals surface area contributed by atoms with E-state index >= 15 is 0 Å². The molecule has 0 saturated carbocycles. The van der Waals surface area contributed by atoms with Crippen LogP contribution in [0.25, 0.3) is 0 Å². The second-order valence-corrected chi connectivity index (χ2v) is 4.80. The molecule has 1 aromatic heterocycles. The van der Waals surface area contributed by atoms with Gasteiger partial charge in [0.1, 0.15) is 5.82 Å². The summed E-state index contributed by atoms with van der Waals surface area (Å²) < 4.78 is 13.2. The van der Waals surface area contributed by atoms with E-state index in [1.807, 2.05) is 12.1 Å². The molecule has 2 rings (SSSR count). The minimum Gasteiger partial charge on any atom is -0.341 e. The maximum atomic E-state index is 13.2. The maximum absolute atomic E-state index is 13.2. The van der Waals surface area contributed by atoms with Gasteiger partial charge in [-0.05, 0) is 54.8 Å². The van der Waals surface area contributed by atoms with Gasteiger partial charge in [-0.2, -0.15) is 0 Å². The van der Waals surface area contributed by atoms with Crippen LogP contribution in [0.2, 0.25) is 0 Å². The quantitative estimate of drug-likeness (QED) is 0.857. The second-order valence-electron chi connectivity index (χ2n) is 4.80. The van der Waals surface area contributed by atoms with E-state index in [-0.39, 0.29) is 11.7 Å². The van der Waals surface area contributed by atoms with E-state index in [4.69, 9.17) is 0 Å². The highest BCUT2D eigenvalue weighted by atomic mass is 19.1. The third-order valence-electron chi connectivity index (χ3n) is 3.24. The zero-order valence-electron chi connectivity index (χ0n) is 11.6. The predicted octanol–water partition coefficient (Wildman–Crippen LogP) is 2.84. The van der Waals surface area contributed by atoms with Gasteiger partial charge in [-0.25, -0.2) is 4.39 Å². The smallest absolute Gasteiger partial charge is 0.253 e. The van der Waals surface area contributed by atoms with Crippen LogP contribution in [0, 0.1) is 12.7 Å². The molecule has 0 spiro atoms. The van der Waals surface area contributed by atoms with E-state index < -0.39 is 0 Å². The number of hydrogen-bond donors (Lipinski definition) is 0. The standard InChI is InChI=1S/C16H17FN2O/c1-12-11-14(3-4-15(12)17)16(20)19(2)10-7-13-5-8-18-9-6-13/h3-6,8-9,11H,7,10H2,1-2H3. The Morgan fingerprint density at radius 2 is 1.95 bits per heavy atom. The fraction of sp³-hybridized carbons (Fsp3) is 0.250. The number of carbonyl (C=O) groups is 1. The third-order valence-corrected chi connectivity index (χ3v) is 3.24. The maximum Gasteiger partial charge on any atom is 0.253 e. The molecule has 0 bridgehead atoms. The van der Waals surface area contributed by atoms with Gasteiger partial charge in [0.2, 0.25) is 0 Å². The Morgan fingerprint density at radius 1 is 1.25 bits per heavy atom. The molecule has 0 aliphatic carbocycles. The Balaban J connectivity index is 1.99. The van der Waals surface area contributed by atoms with E-state index in [9.17, 15) is 9.18 Å². The zero-order chi connectivity index (χ0) is 14.5. The molecule has 1 amide bonds. The van der Waals surface area contributed by atoms with Crippen LogP contribution in [-0.4, -0.2) is 29.4 Å². The van der Waals surface area contributed by atoms with Crippen LogP contribution >= 0.6 is 0 Å². The monoisotopic (exact) mass is 272 g/mol. The minimum absolute atomic E-state index is 0.0952. The van der Waals surface area contributed by atoms with Crippen LogP contribution < -0.4 is 0 Å². The van der Waals surface area contributed by atoms with Crippen molar-refractivity contribution in [1.29, 1.82) is 0 Å². The van der Waals surface area contributed by atoms with E-state index in [0.29, 0.717) is 17.7 Å². The summed E-state index contributed by atoms with van der Waals surface area (Å²) in [5, 5.41) is 0. The molecule has 2 aromatic rings. The molecule has 104 valence electrons. The average Bonchev–Trinajstić information content (AvgIpc) is 2.48. The van der Waals surface area contributed by atoms with Crippen LogP contribution in [-0.2, 0) is 6.42 Å². The van der Waals surface area contributed by atoms with Gasteiger partial charge in [-0.1, -0.05) is 0 Å². The van der Waals surface area contributed by atoms with Crippen molar-refractivity contribution in [1.82, 2.24) is 9.88 Å². The lowest BCUT2D eigenvalue weighted by Gasteiger charge is -2.17. The molecular weight excluding hydrogens is 255 g/mol. The Bertz CT molecular complexity index is 599. The Labute approximate surface area is 118 Å². The molecule has 4 heteroatoms. The summed E-state index contributed by atoms with van der Waals surface area (Å²) in [6, 6.07) is 8.30. The molecule has 0 atom stereocenters. The number of nitrogens with zero attached hydrogens (tertiary/aromatic N) is 2. The molecule has 1 aromatic carbocycles. The third kappa shape index (κ3) is 3.41. The van der Waals surface area contributed by atoms with Gasteiger partial charge in [0.25, 0.3) is 5.91 Å². The number of hydrogen-bond acceptors (Lipinski definition) is 2. The largest absolute Gasteiger partial charge is 0.341 e. The van der Waals surface area contributed by atoms with Crippen molar-refractivity contribution in [2.45, 2.75) is 13.3 Å². The van der Waals surface area contributed by atoms with Gasteiger partial charge in [-0.15, -0.1) is 0 Å². The lowest BCUT2D eigenvalue weighted by Crippen LogP contribution is -2.28. The minimum atomic E-state index is -0.291. The van der Waals surface area contributed by atoms with Crippen molar-refractivity contribution in [3.63, 3.8) is 0 Å². The number of likely N-dealkylation sites (N-methyl/N-ethyl adjacent to an activating group) is 1. The first kappa shape index (κ1) is 14.2. The molecule has 20 heavy (non-hydrogen) atoms. The first-order chi connectivity index (χ1) is 9.58. The van der Waals surface area contributed by atoms with Crippen LogP contribution in [0.5, 0.6) is 0 Å². The molecule has 3 nitrogen and oxygen atoms in total. The van der Waals surface area contributed by atoms with Gasteiger partial charge in [0, 0.05) is 31.5 Å². The number of rotatable bonds is 4. The lowest BCUT2D eigenvalue weighted by molar-refractivity contribution is 0.0796. The van der Waals surface area contributed by atoms with Crippen molar-refractivity contribution in [3.8, 4) is 0 Å². The van der Waals surface area contributed by atoms with Crippen LogP contribution in [0.4, 0.5) is 4.39 Å². The van der Waals surface area contributed by atoms with Gasteiger partial charge in [0.05, 0.1) is 0 Å². The van der Waals surface area contributed by atoms with Gasteiger partial charge in [0.15, 0.2) is 0 Å². The molecule has 0 aliphatic heterocycles. The molecule has 0 unspecified atom stereocenters. The lowest BCUT2D eigenvalue weighted by atomic mass is 10.1. The molecule has 0 N–H and O–H groups in total. The number of aromatic nitrogens is 1. The number of pyridine rings is 1. The predicted molar refractivity (Wildman–Crippen MR) is 76.0 cm³/mol. The van der Waals surface area contributed by atoms with Crippen LogP contribution in [0.3, 0.4) is 0 Å². The second kappa shape index (κ2) is 6.28. The number of amides is 1. The summed E-state index contributed by atoms with van der Waals surface area (Å²) in [4.78, 5) is 17.8. The fourth-order valence-electron chi connectivity index (χ4n) is 1.95. The van der Waals surface area contributed by atoms with E-state index in [1.54, 1.807) is 37.3 Å². The van der Waals surface area contributed by atoms with Crippen molar-refractivity contribution in [3.05, 3.63) is 65.2 Å². The normalized spacial score (nSPS) is 10.3. The van der Waals surface area contributed by atoms with Crippen molar-refractivity contribution in [2.24, 2.45) is 0 Å². The first-order valence-corrected chi connectivity index (χ1v) is 6.48. The Hall–Kier alpha value is -2.23. The molecule has 0 radical (unpaired) electrons. The number of aryl methyl sites for hydroxylation is 1. The van der Waals surface area contributed by atoms with Gasteiger partial charge >= 0.3 is 0 Å². The summed E-state index contributed by atoms with van der Waals surface area (Å²) in [7, 11) is 1.75. The Kier molecular flexibility index (Phi) is 4.45. The SMILES string of the molecule is Cc1cc(C(=O)N(C)CCc2ccncc2)ccc1F. The van der Waals surface area contributed by atoms with Crippen LogP contribution in [0.15, 0.2) is 42.7 Å². The van der Waals surface area contributed by atoms with Crippen molar-refractivity contribution in [2.75, 3.05) is 13.6 Å². The van der Waals surface area contributed by atoms with E-state index in [2.05, 4.69) is 4.98 Å². The summed E-state index contributed by atoms with van der Waals surface area (Å²) in [6.45, 7) is 2.27. The molecule has 0 aliphatic rings. The van der Waals surface area contributed by atoms with Crippen LogP contribution in [0.1, 0.15) is 21.5 Å². The molecule has 0 saturated heterocycles. The molecule has 0 fully saturated rings. The molecular formula is C16H17FN2O. The summed E-state index contributed by atoms with van der Waals surface area (Å²) >= 11 is 0. The number of halogens is 1. The summed E-state index contributed by atoms with van der Waals surface area (Å²) in [5.74, 6) is -0.386. The highest BCUT2D eigenvalue weighted by molar-refractivity contribution is 5.94. The summed E-state index contributed by atoms with van der Waals surface area (Å²) in [5.41, 5.74) is 2.13. The molecule has 1 heterocycles. The van der Waals surface area contributed by atoms with Gasteiger partial charge < -0.3 is 4.90 Å². The highest BCUT2D eigenvalue weighted by Crippen LogP contribution is 2.11.